The van der Waals surface area contributed by atoms with Gasteiger partial charge in [-0.3, -0.25) is 4.99 Å². The standard InChI is InChI=1S/C10H14N4/c1-2-8(9-11-3-4-12-9)10-13-5-7-14(10)6-1/h1,6,13H,2-5,7H2,(H,11,12). The molecule has 4 heteroatoms. The van der Waals surface area contributed by atoms with Gasteiger partial charge in [-0.15, -0.1) is 0 Å². The van der Waals surface area contributed by atoms with E-state index in [0.717, 1.165) is 38.4 Å². The lowest BCUT2D eigenvalue weighted by atomic mass is 10.1. The Morgan fingerprint density at radius 1 is 1.29 bits per heavy atom. The van der Waals surface area contributed by atoms with Gasteiger partial charge >= 0.3 is 0 Å². The molecule has 0 bridgehead atoms. The number of aliphatic imine (C=N–C) groups is 1. The van der Waals surface area contributed by atoms with E-state index in [4.69, 9.17) is 0 Å². The highest BCUT2D eigenvalue weighted by Gasteiger charge is 2.24. The second-order valence-electron chi connectivity index (χ2n) is 3.69. The third-order valence-corrected chi connectivity index (χ3v) is 2.79. The molecule has 0 amide bonds. The molecule has 3 rings (SSSR count). The number of hydrogen-bond donors (Lipinski definition) is 2. The maximum Gasteiger partial charge on any atom is 0.128 e. The molecule has 0 aliphatic carbocycles. The summed E-state index contributed by atoms with van der Waals surface area (Å²) in [5, 5.41) is 6.75. The monoisotopic (exact) mass is 190 g/mol. The van der Waals surface area contributed by atoms with E-state index < -0.39 is 0 Å². The zero-order chi connectivity index (χ0) is 9.38. The molecule has 3 aliphatic rings. The quantitative estimate of drug-likeness (QED) is 0.612. The lowest BCUT2D eigenvalue weighted by Crippen LogP contribution is -2.28. The molecular weight excluding hydrogens is 176 g/mol. The summed E-state index contributed by atoms with van der Waals surface area (Å²) in [5.41, 5.74) is 1.32. The Balaban J connectivity index is 1.96. The number of nitrogens with one attached hydrogen (secondary N) is 2. The van der Waals surface area contributed by atoms with Crippen molar-refractivity contribution in [2.45, 2.75) is 6.42 Å². The van der Waals surface area contributed by atoms with Gasteiger partial charge in [-0.05, 0) is 6.42 Å². The van der Waals surface area contributed by atoms with Crippen LogP contribution in [-0.4, -0.2) is 36.9 Å². The van der Waals surface area contributed by atoms with Gasteiger partial charge in [-0.2, -0.15) is 0 Å². The molecule has 0 aromatic rings. The van der Waals surface area contributed by atoms with E-state index in [9.17, 15) is 0 Å². The van der Waals surface area contributed by atoms with Crippen molar-refractivity contribution in [1.82, 2.24) is 15.5 Å². The second kappa shape index (κ2) is 3.04. The highest BCUT2D eigenvalue weighted by atomic mass is 15.3. The number of allylic oxidation sites excluding steroid dienone is 1. The Hall–Kier alpha value is -1.45. The fourth-order valence-corrected chi connectivity index (χ4v) is 2.14. The maximum atomic E-state index is 4.47. The summed E-state index contributed by atoms with van der Waals surface area (Å²) in [6.45, 7) is 4.00. The molecular formula is C10H14N4. The van der Waals surface area contributed by atoms with Crippen molar-refractivity contribution in [2.24, 2.45) is 4.99 Å². The average Bonchev–Trinajstić information content (AvgIpc) is 2.88. The molecule has 0 radical (unpaired) electrons. The van der Waals surface area contributed by atoms with Gasteiger partial charge in [0.2, 0.25) is 0 Å². The highest BCUT2D eigenvalue weighted by Crippen LogP contribution is 2.22. The minimum atomic E-state index is 0.913. The minimum absolute atomic E-state index is 0.913. The molecule has 0 atom stereocenters. The van der Waals surface area contributed by atoms with Crippen LogP contribution in [0.15, 0.2) is 28.7 Å². The van der Waals surface area contributed by atoms with E-state index >= 15 is 0 Å². The molecule has 0 unspecified atom stereocenters. The second-order valence-corrected chi connectivity index (χ2v) is 3.69. The molecule has 14 heavy (non-hydrogen) atoms. The zero-order valence-electron chi connectivity index (χ0n) is 8.08. The zero-order valence-corrected chi connectivity index (χ0v) is 8.08. The van der Waals surface area contributed by atoms with Gasteiger partial charge in [0.05, 0.1) is 6.54 Å². The van der Waals surface area contributed by atoms with Crippen LogP contribution >= 0.6 is 0 Å². The smallest absolute Gasteiger partial charge is 0.128 e. The van der Waals surface area contributed by atoms with E-state index in [1.165, 1.54) is 11.4 Å². The first kappa shape index (κ1) is 7.91. The van der Waals surface area contributed by atoms with Crippen LogP contribution in [-0.2, 0) is 0 Å². The fourth-order valence-electron chi connectivity index (χ4n) is 2.14. The van der Waals surface area contributed by atoms with Gasteiger partial charge in [0.15, 0.2) is 0 Å². The number of amidine groups is 1. The molecule has 74 valence electrons. The Morgan fingerprint density at radius 3 is 3.14 bits per heavy atom. The van der Waals surface area contributed by atoms with Gasteiger partial charge in [0.25, 0.3) is 0 Å². The van der Waals surface area contributed by atoms with Crippen LogP contribution in [0.1, 0.15) is 6.42 Å². The van der Waals surface area contributed by atoms with Crippen molar-refractivity contribution >= 4 is 5.84 Å². The Bertz CT molecular complexity index is 340. The third-order valence-electron chi connectivity index (χ3n) is 2.79. The van der Waals surface area contributed by atoms with Crippen LogP contribution in [0.2, 0.25) is 0 Å². The predicted octanol–water partition coefficient (Wildman–Crippen LogP) is 0.0223. The number of rotatable bonds is 1. The average molecular weight is 190 g/mol. The van der Waals surface area contributed by atoms with E-state index in [1.54, 1.807) is 0 Å². The number of hydrogen-bond acceptors (Lipinski definition) is 4. The van der Waals surface area contributed by atoms with Crippen LogP contribution in [0, 0.1) is 0 Å². The summed E-state index contributed by atoms with van der Waals surface area (Å²) in [7, 11) is 0. The minimum Gasteiger partial charge on any atom is -0.369 e. The lowest BCUT2D eigenvalue weighted by molar-refractivity contribution is 0.523. The number of fused-ring (bicyclic) bond motifs is 1. The van der Waals surface area contributed by atoms with Crippen molar-refractivity contribution in [3.63, 3.8) is 0 Å². The van der Waals surface area contributed by atoms with Gasteiger partial charge in [-0.25, -0.2) is 0 Å². The van der Waals surface area contributed by atoms with E-state index in [2.05, 4.69) is 32.8 Å². The first-order valence-corrected chi connectivity index (χ1v) is 5.14. The van der Waals surface area contributed by atoms with Crippen molar-refractivity contribution in [2.75, 3.05) is 26.2 Å². The molecule has 0 saturated carbocycles. The normalized spacial score (nSPS) is 24.6. The molecule has 3 aliphatic heterocycles. The SMILES string of the molecule is C1=CN2CCNC2=C(C2=NCCN2)C1. The topological polar surface area (TPSA) is 39.7 Å². The van der Waals surface area contributed by atoms with Crippen molar-refractivity contribution in [3.8, 4) is 0 Å². The Labute approximate surface area is 83.4 Å². The summed E-state index contributed by atoms with van der Waals surface area (Å²) in [6.07, 6.45) is 5.35. The van der Waals surface area contributed by atoms with Crippen LogP contribution in [0.3, 0.4) is 0 Å². The van der Waals surface area contributed by atoms with Gasteiger partial charge in [-0.1, -0.05) is 6.08 Å². The number of nitrogens with zero attached hydrogens (tertiary/aromatic N) is 2. The lowest BCUT2D eigenvalue weighted by Gasteiger charge is -2.22. The molecule has 3 heterocycles. The molecule has 4 nitrogen and oxygen atoms in total. The van der Waals surface area contributed by atoms with E-state index in [1.807, 2.05) is 0 Å². The van der Waals surface area contributed by atoms with E-state index in [-0.39, 0.29) is 0 Å². The van der Waals surface area contributed by atoms with Crippen molar-refractivity contribution < 1.29 is 0 Å². The summed E-state index contributed by atoms with van der Waals surface area (Å²) >= 11 is 0. The third kappa shape index (κ3) is 1.10. The summed E-state index contributed by atoms with van der Waals surface area (Å²) in [5.74, 6) is 2.34. The largest absolute Gasteiger partial charge is 0.369 e. The van der Waals surface area contributed by atoms with Crippen molar-refractivity contribution in [1.29, 1.82) is 0 Å². The van der Waals surface area contributed by atoms with Crippen molar-refractivity contribution in [3.05, 3.63) is 23.7 Å². The summed E-state index contributed by atoms with van der Waals surface area (Å²) < 4.78 is 0. The fraction of sp³-hybridized carbons (Fsp3) is 0.500. The molecule has 2 N–H and O–H groups in total. The maximum absolute atomic E-state index is 4.47. The molecule has 1 fully saturated rings. The highest BCUT2D eigenvalue weighted by molar-refractivity contribution is 6.00. The molecule has 0 aromatic carbocycles. The molecule has 0 spiro atoms. The summed E-state index contributed by atoms with van der Waals surface area (Å²) in [4.78, 5) is 6.73. The van der Waals surface area contributed by atoms with Gasteiger partial charge in [0.1, 0.15) is 11.7 Å². The summed E-state index contributed by atoms with van der Waals surface area (Å²) in [6, 6.07) is 0. The van der Waals surface area contributed by atoms with E-state index in [0.29, 0.717) is 0 Å². The van der Waals surface area contributed by atoms with Gasteiger partial charge in [0, 0.05) is 31.4 Å². The first-order chi connectivity index (χ1) is 6.95. The van der Waals surface area contributed by atoms with Crippen LogP contribution in [0.5, 0.6) is 0 Å². The molecule has 0 aromatic heterocycles. The molecule has 1 saturated heterocycles. The van der Waals surface area contributed by atoms with Crippen LogP contribution in [0.4, 0.5) is 0 Å². The van der Waals surface area contributed by atoms with Gasteiger partial charge < -0.3 is 15.5 Å². The Morgan fingerprint density at radius 2 is 2.29 bits per heavy atom. The predicted molar refractivity (Wildman–Crippen MR) is 55.8 cm³/mol. The Kier molecular flexibility index (Phi) is 1.72. The first-order valence-electron chi connectivity index (χ1n) is 5.14. The van der Waals surface area contributed by atoms with Crippen LogP contribution < -0.4 is 10.6 Å². The van der Waals surface area contributed by atoms with Crippen LogP contribution in [0.25, 0.3) is 0 Å².